The van der Waals surface area contributed by atoms with E-state index in [-0.39, 0.29) is 18.2 Å². The van der Waals surface area contributed by atoms with Crippen LogP contribution in [0.5, 0.6) is 0 Å². The van der Waals surface area contributed by atoms with Gasteiger partial charge in [-0.3, -0.25) is 9.48 Å². The fourth-order valence-corrected chi connectivity index (χ4v) is 3.20. The molecule has 142 valence electrons. The first-order valence-corrected chi connectivity index (χ1v) is 9.09. The molecule has 0 aromatic carbocycles. The second-order valence-corrected chi connectivity index (χ2v) is 6.89. The maximum absolute atomic E-state index is 11.9. The molecule has 3 rings (SSSR count). The normalized spacial score (nSPS) is 16.6. The molecule has 1 amide bonds. The van der Waals surface area contributed by atoms with Crippen molar-refractivity contribution in [1.82, 2.24) is 24.6 Å². The van der Waals surface area contributed by atoms with Crippen molar-refractivity contribution in [2.24, 2.45) is 13.0 Å². The highest BCUT2D eigenvalue weighted by Gasteiger charge is 2.23. The molecule has 1 atom stereocenters. The Morgan fingerprint density at radius 1 is 1.48 bits per heavy atom. The van der Waals surface area contributed by atoms with Crippen molar-refractivity contribution in [1.29, 1.82) is 5.26 Å². The van der Waals surface area contributed by atoms with Gasteiger partial charge in [-0.1, -0.05) is 11.6 Å². The van der Waals surface area contributed by atoms with E-state index in [0.29, 0.717) is 36.4 Å². The van der Waals surface area contributed by atoms with Gasteiger partial charge in [0, 0.05) is 32.9 Å². The Balaban J connectivity index is 1.59. The number of nitriles is 1. The topological polar surface area (TPSA) is 112 Å². The first kappa shape index (κ1) is 18.9. The lowest BCUT2D eigenvalue weighted by Crippen LogP contribution is -2.41. The van der Waals surface area contributed by atoms with E-state index in [0.717, 1.165) is 18.5 Å². The van der Waals surface area contributed by atoms with E-state index >= 15 is 0 Å². The molecule has 0 bridgehead atoms. The number of amides is 1. The molecule has 0 saturated carbocycles. The molecule has 2 aromatic rings. The Morgan fingerprint density at radius 2 is 2.33 bits per heavy atom. The van der Waals surface area contributed by atoms with Crippen LogP contribution in [0.1, 0.15) is 19.3 Å². The summed E-state index contributed by atoms with van der Waals surface area (Å²) in [4.78, 5) is 22.3. The highest BCUT2D eigenvalue weighted by atomic mass is 35.5. The number of carbonyl (C=O) groups is 1. The number of carbonyl (C=O) groups excluding carboxylic acids is 1. The van der Waals surface area contributed by atoms with Crippen LogP contribution in [0.15, 0.2) is 18.6 Å². The van der Waals surface area contributed by atoms with Crippen molar-refractivity contribution in [3.05, 3.63) is 23.6 Å². The molecule has 3 heterocycles. The molecule has 0 unspecified atom stereocenters. The third-order valence-corrected chi connectivity index (χ3v) is 4.64. The van der Waals surface area contributed by atoms with Crippen LogP contribution in [0.3, 0.4) is 0 Å². The van der Waals surface area contributed by atoms with Crippen LogP contribution in [-0.4, -0.2) is 50.2 Å². The Kier molecular flexibility index (Phi) is 6.08. The predicted molar refractivity (Wildman–Crippen MR) is 102 cm³/mol. The zero-order chi connectivity index (χ0) is 19.2. The van der Waals surface area contributed by atoms with Gasteiger partial charge in [0.05, 0.1) is 24.2 Å². The number of nitrogens with zero attached hydrogens (tertiary/aromatic N) is 6. The fraction of sp³-hybridized carbons (Fsp3) is 0.471. The average Bonchev–Trinajstić information content (AvgIpc) is 3.07. The van der Waals surface area contributed by atoms with Crippen molar-refractivity contribution >= 4 is 35.0 Å². The standard InChI is InChI=1S/C17H21ClN8O/c1-25-11-13(8-22-25)23-17-21-9-14(18)16(24-17)20-7-12-3-2-6-26(10-12)15(27)4-5-19/h8-9,11-12H,2-4,6-7,10H2,1H3,(H2,20,21,23,24)/t12-/m1/s1. The van der Waals surface area contributed by atoms with Crippen molar-refractivity contribution < 1.29 is 4.79 Å². The molecular formula is C17H21ClN8O. The van der Waals surface area contributed by atoms with Gasteiger partial charge >= 0.3 is 0 Å². The number of aromatic nitrogens is 4. The molecule has 1 aliphatic heterocycles. The molecular weight excluding hydrogens is 368 g/mol. The minimum atomic E-state index is -0.106. The summed E-state index contributed by atoms with van der Waals surface area (Å²) in [5, 5.41) is 19.6. The summed E-state index contributed by atoms with van der Waals surface area (Å²) in [6.07, 6.45) is 6.90. The predicted octanol–water partition coefficient (Wildman–Crippen LogP) is 2.17. The Morgan fingerprint density at radius 3 is 3.07 bits per heavy atom. The highest BCUT2D eigenvalue weighted by molar-refractivity contribution is 6.32. The molecule has 0 radical (unpaired) electrons. The number of halogens is 1. The number of hydrogen-bond acceptors (Lipinski definition) is 7. The number of nitrogens with one attached hydrogen (secondary N) is 2. The fourth-order valence-electron chi connectivity index (χ4n) is 3.04. The summed E-state index contributed by atoms with van der Waals surface area (Å²) in [5.41, 5.74) is 0.782. The van der Waals surface area contributed by atoms with E-state index in [9.17, 15) is 4.79 Å². The summed E-state index contributed by atoms with van der Waals surface area (Å²) >= 11 is 6.21. The van der Waals surface area contributed by atoms with Gasteiger partial charge in [-0.05, 0) is 18.8 Å². The zero-order valence-corrected chi connectivity index (χ0v) is 15.8. The maximum atomic E-state index is 11.9. The molecule has 27 heavy (non-hydrogen) atoms. The molecule has 1 aliphatic rings. The van der Waals surface area contributed by atoms with E-state index in [1.165, 1.54) is 0 Å². The Labute approximate surface area is 162 Å². The van der Waals surface area contributed by atoms with Gasteiger partial charge in [-0.2, -0.15) is 15.3 Å². The lowest BCUT2D eigenvalue weighted by atomic mass is 9.97. The molecule has 9 nitrogen and oxygen atoms in total. The van der Waals surface area contributed by atoms with E-state index in [1.807, 2.05) is 19.3 Å². The lowest BCUT2D eigenvalue weighted by Gasteiger charge is -2.32. The zero-order valence-electron chi connectivity index (χ0n) is 15.0. The van der Waals surface area contributed by atoms with Crippen LogP contribution in [0.2, 0.25) is 5.02 Å². The summed E-state index contributed by atoms with van der Waals surface area (Å²) in [6.45, 7) is 1.99. The molecule has 1 fully saturated rings. The average molecular weight is 389 g/mol. The minimum absolute atomic E-state index is 0.0682. The van der Waals surface area contributed by atoms with Crippen LogP contribution in [-0.2, 0) is 11.8 Å². The first-order valence-electron chi connectivity index (χ1n) is 8.72. The number of likely N-dealkylation sites (tertiary alicyclic amines) is 1. The van der Waals surface area contributed by atoms with Crippen LogP contribution in [0.4, 0.5) is 17.5 Å². The van der Waals surface area contributed by atoms with E-state index in [4.69, 9.17) is 16.9 Å². The van der Waals surface area contributed by atoms with Gasteiger partial charge < -0.3 is 15.5 Å². The minimum Gasteiger partial charge on any atom is -0.368 e. The smallest absolute Gasteiger partial charge is 0.236 e. The van der Waals surface area contributed by atoms with Crippen LogP contribution < -0.4 is 10.6 Å². The third kappa shape index (κ3) is 5.08. The molecule has 0 aliphatic carbocycles. The monoisotopic (exact) mass is 388 g/mol. The number of aryl methyl sites for hydroxylation is 1. The van der Waals surface area contributed by atoms with E-state index < -0.39 is 0 Å². The van der Waals surface area contributed by atoms with Crippen molar-refractivity contribution in [3.8, 4) is 6.07 Å². The SMILES string of the molecule is Cn1cc(Nc2ncc(Cl)c(NC[C@H]3CCCN(C(=O)CC#N)C3)n2)cn1. The van der Waals surface area contributed by atoms with Crippen molar-refractivity contribution in [3.63, 3.8) is 0 Å². The van der Waals surface area contributed by atoms with Crippen LogP contribution >= 0.6 is 11.6 Å². The van der Waals surface area contributed by atoms with Gasteiger partial charge in [-0.15, -0.1) is 0 Å². The van der Waals surface area contributed by atoms with Crippen LogP contribution in [0, 0.1) is 17.2 Å². The number of rotatable bonds is 6. The summed E-state index contributed by atoms with van der Waals surface area (Å²) < 4.78 is 1.68. The Hall–Kier alpha value is -2.86. The summed E-state index contributed by atoms with van der Waals surface area (Å²) in [7, 11) is 1.83. The highest BCUT2D eigenvalue weighted by Crippen LogP contribution is 2.23. The first-order chi connectivity index (χ1) is 13.0. The quantitative estimate of drug-likeness (QED) is 0.779. The molecule has 10 heteroatoms. The summed E-state index contributed by atoms with van der Waals surface area (Å²) in [5.74, 6) is 1.13. The van der Waals surface area contributed by atoms with Crippen molar-refractivity contribution in [2.45, 2.75) is 19.3 Å². The van der Waals surface area contributed by atoms with Crippen molar-refractivity contribution in [2.75, 3.05) is 30.3 Å². The van der Waals surface area contributed by atoms with Crippen LogP contribution in [0.25, 0.3) is 0 Å². The second-order valence-electron chi connectivity index (χ2n) is 6.48. The molecule has 2 N–H and O–H groups in total. The number of piperidine rings is 1. The lowest BCUT2D eigenvalue weighted by molar-refractivity contribution is -0.131. The van der Waals surface area contributed by atoms with Gasteiger partial charge in [0.25, 0.3) is 0 Å². The Bertz CT molecular complexity index is 846. The molecule has 0 spiro atoms. The largest absolute Gasteiger partial charge is 0.368 e. The van der Waals surface area contributed by atoms with E-state index in [1.54, 1.807) is 22.0 Å². The summed E-state index contributed by atoms with van der Waals surface area (Å²) in [6, 6.07) is 1.92. The van der Waals surface area contributed by atoms with Gasteiger partial charge in [-0.25, -0.2) is 4.98 Å². The number of anilines is 3. The molecule has 2 aromatic heterocycles. The van der Waals surface area contributed by atoms with Gasteiger partial charge in [0.1, 0.15) is 11.4 Å². The number of hydrogen-bond donors (Lipinski definition) is 2. The van der Waals surface area contributed by atoms with Gasteiger partial charge in [0.15, 0.2) is 5.82 Å². The third-order valence-electron chi connectivity index (χ3n) is 4.37. The second kappa shape index (κ2) is 8.68. The maximum Gasteiger partial charge on any atom is 0.236 e. The van der Waals surface area contributed by atoms with Gasteiger partial charge in [0.2, 0.25) is 11.9 Å². The van der Waals surface area contributed by atoms with E-state index in [2.05, 4.69) is 25.7 Å². The molecule has 1 saturated heterocycles.